The summed E-state index contributed by atoms with van der Waals surface area (Å²) in [5, 5.41) is 11.7. The van der Waals surface area contributed by atoms with Crippen LogP contribution in [0.2, 0.25) is 0 Å². The first-order valence-corrected chi connectivity index (χ1v) is 9.73. The quantitative estimate of drug-likeness (QED) is 0.654. The Labute approximate surface area is 151 Å². The van der Waals surface area contributed by atoms with Gasteiger partial charge in [0.1, 0.15) is 5.82 Å². The van der Waals surface area contributed by atoms with Gasteiger partial charge in [-0.25, -0.2) is 12.8 Å². The van der Waals surface area contributed by atoms with Gasteiger partial charge >= 0.3 is 0 Å². The van der Waals surface area contributed by atoms with E-state index in [0.29, 0.717) is 24.6 Å². The molecule has 9 heteroatoms. The highest BCUT2D eigenvalue weighted by molar-refractivity contribution is 7.90. The van der Waals surface area contributed by atoms with E-state index < -0.39 is 9.84 Å². The molecule has 2 aromatic carbocycles. The lowest BCUT2D eigenvalue weighted by Gasteiger charge is -2.16. The van der Waals surface area contributed by atoms with E-state index >= 15 is 0 Å². The molecule has 26 heavy (non-hydrogen) atoms. The van der Waals surface area contributed by atoms with Crippen molar-refractivity contribution in [1.29, 1.82) is 0 Å². The van der Waals surface area contributed by atoms with Crippen LogP contribution in [0.5, 0.6) is 0 Å². The molecule has 0 aliphatic heterocycles. The summed E-state index contributed by atoms with van der Waals surface area (Å²) < 4.78 is 37.7. The Morgan fingerprint density at radius 1 is 1.04 bits per heavy atom. The van der Waals surface area contributed by atoms with Gasteiger partial charge in [0.15, 0.2) is 15.7 Å². The van der Waals surface area contributed by atoms with E-state index in [4.69, 9.17) is 0 Å². The zero-order valence-electron chi connectivity index (χ0n) is 14.4. The standard InChI is InChI=1S/C17H18FN5O2S/c1-22(11-13-3-5-14(18)6-4-13)12-17-19-20-21-23(17)15-7-9-16(10-8-15)26(2,24)25/h3-10H,11-12H2,1-2H3. The third kappa shape index (κ3) is 4.30. The topological polar surface area (TPSA) is 81.0 Å². The second-order valence-corrected chi connectivity index (χ2v) is 8.09. The Morgan fingerprint density at radius 3 is 2.31 bits per heavy atom. The molecule has 0 aliphatic rings. The van der Waals surface area contributed by atoms with Gasteiger partial charge in [-0.15, -0.1) is 5.10 Å². The van der Waals surface area contributed by atoms with Crippen molar-refractivity contribution >= 4 is 9.84 Å². The molecule has 0 spiro atoms. The molecule has 1 heterocycles. The van der Waals surface area contributed by atoms with Crippen LogP contribution >= 0.6 is 0 Å². The van der Waals surface area contributed by atoms with Gasteiger partial charge in [0, 0.05) is 12.8 Å². The first-order valence-electron chi connectivity index (χ1n) is 7.84. The van der Waals surface area contributed by atoms with Crippen molar-refractivity contribution in [3.8, 4) is 5.69 Å². The highest BCUT2D eigenvalue weighted by Gasteiger charge is 2.13. The molecule has 136 valence electrons. The summed E-state index contributed by atoms with van der Waals surface area (Å²) in [6, 6.07) is 12.7. The summed E-state index contributed by atoms with van der Waals surface area (Å²) in [6.07, 6.45) is 1.16. The van der Waals surface area contributed by atoms with Gasteiger partial charge < -0.3 is 0 Å². The third-order valence-corrected chi connectivity index (χ3v) is 4.95. The van der Waals surface area contributed by atoms with Crippen molar-refractivity contribution in [3.63, 3.8) is 0 Å². The van der Waals surface area contributed by atoms with E-state index in [1.165, 1.54) is 24.3 Å². The molecule has 0 amide bonds. The summed E-state index contributed by atoms with van der Waals surface area (Å²) in [6.45, 7) is 1.08. The predicted octanol–water partition coefficient (Wildman–Crippen LogP) is 1.84. The molecule has 0 fully saturated rings. The zero-order chi connectivity index (χ0) is 18.7. The third-order valence-electron chi connectivity index (χ3n) is 3.82. The van der Waals surface area contributed by atoms with E-state index in [2.05, 4.69) is 15.5 Å². The van der Waals surface area contributed by atoms with Gasteiger partial charge in [-0.05, 0) is 59.4 Å². The second-order valence-electron chi connectivity index (χ2n) is 6.07. The lowest BCUT2D eigenvalue weighted by Crippen LogP contribution is -2.20. The van der Waals surface area contributed by atoms with Crippen LogP contribution in [-0.2, 0) is 22.9 Å². The number of rotatable bonds is 6. The van der Waals surface area contributed by atoms with Crippen LogP contribution in [0.15, 0.2) is 53.4 Å². The van der Waals surface area contributed by atoms with Gasteiger partial charge in [-0.3, -0.25) is 4.90 Å². The van der Waals surface area contributed by atoms with Crippen LogP contribution in [0.1, 0.15) is 11.4 Å². The van der Waals surface area contributed by atoms with Crippen LogP contribution in [0.25, 0.3) is 5.69 Å². The fourth-order valence-corrected chi connectivity index (χ4v) is 3.17. The van der Waals surface area contributed by atoms with E-state index in [-0.39, 0.29) is 10.7 Å². The van der Waals surface area contributed by atoms with Crippen LogP contribution in [0.3, 0.4) is 0 Å². The molecule has 0 aliphatic carbocycles. The van der Waals surface area contributed by atoms with Crippen molar-refractivity contribution < 1.29 is 12.8 Å². The second kappa shape index (κ2) is 7.30. The van der Waals surface area contributed by atoms with Crippen LogP contribution in [0, 0.1) is 5.82 Å². The Kier molecular flexibility index (Phi) is 5.10. The molecule has 1 aromatic heterocycles. The average molecular weight is 375 g/mol. The molecule has 7 nitrogen and oxygen atoms in total. The Bertz CT molecular complexity index is 985. The molecule has 0 atom stereocenters. The van der Waals surface area contributed by atoms with Gasteiger partial charge in [0.25, 0.3) is 0 Å². The number of hydrogen-bond donors (Lipinski definition) is 0. The minimum absolute atomic E-state index is 0.240. The van der Waals surface area contributed by atoms with Crippen molar-refractivity contribution in [1.82, 2.24) is 25.1 Å². The van der Waals surface area contributed by atoms with Crippen molar-refractivity contribution in [2.45, 2.75) is 18.0 Å². The smallest absolute Gasteiger partial charge is 0.175 e. The lowest BCUT2D eigenvalue weighted by molar-refractivity contribution is 0.307. The van der Waals surface area contributed by atoms with E-state index in [1.807, 2.05) is 11.9 Å². The SMILES string of the molecule is CN(Cc1ccc(F)cc1)Cc1nnnn1-c1ccc(S(C)(=O)=O)cc1. The number of benzene rings is 2. The molecule has 0 saturated heterocycles. The Morgan fingerprint density at radius 2 is 1.69 bits per heavy atom. The summed E-state index contributed by atoms with van der Waals surface area (Å²) >= 11 is 0. The van der Waals surface area contributed by atoms with Gasteiger partial charge in [-0.2, -0.15) is 4.68 Å². The summed E-state index contributed by atoms with van der Waals surface area (Å²) in [5.74, 6) is 0.347. The van der Waals surface area contributed by atoms with Crippen LogP contribution in [0.4, 0.5) is 4.39 Å². The molecule has 3 aromatic rings. The number of aromatic nitrogens is 4. The largest absolute Gasteiger partial charge is 0.295 e. The normalized spacial score (nSPS) is 11.8. The first-order chi connectivity index (χ1) is 12.3. The lowest BCUT2D eigenvalue weighted by atomic mass is 10.2. The minimum atomic E-state index is -3.25. The Balaban J connectivity index is 1.75. The maximum Gasteiger partial charge on any atom is 0.175 e. The maximum atomic E-state index is 13.0. The van der Waals surface area contributed by atoms with E-state index in [9.17, 15) is 12.8 Å². The van der Waals surface area contributed by atoms with Crippen LogP contribution in [-0.4, -0.2) is 46.8 Å². The number of sulfone groups is 1. The molecule has 0 unspecified atom stereocenters. The summed E-state index contributed by atoms with van der Waals surface area (Å²) in [4.78, 5) is 2.24. The number of hydrogen-bond acceptors (Lipinski definition) is 6. The van der Waals surface area contributed by atoms with Gasteiger partial charge in [-0.1, -0.05) is 12.1 Å². The molecule has 0 saturated carbocycles. The highest BCUT2D eigenvalue weighted by Crippen LogP contribution is 2.15. The number of halogens is 1. The molecule has 3 rings (SSSR count). The van der Waals surface area contributed by atoms with E-state index in [1.54, 1.807) is 28.9 Å². The fourth-order valence-electron chi connectivity index (χ4n) is 2.54. The fraction of sp³-hybridized carbons (Fsp3) is 0.235. The van der Waals surface area contributed by atoms with Crippen LogP contribution < -0.4 is 0 Å². The number of tetrazole rings is 1. The van der Waals surface area contributed by atoms with Gasteiger partial charge in [0.2, 0.25) is 0 Å². The van der Waals surface area contributed by atoms with Crippen molar-refractivity contribution in [2.24, 2.45) is 0 Å². The zero-order valence-corrected chi connectivity index (χ0v) is 15.2. The highest BCUT2D eigenvalue weighted by atomic mass is 32.2. The molecular formula is C17H18FN5O2S. The molecule has 0 bridgehead atoms. The first kappa shape index (κ1) is 18.2. The molecular weight excluding hydrogens is 357 g/mol. The molecule has 0 N–H and O–H groups in total. The predicted molar refractivity (Wildman–Crippen MR) is 93.8 cm³/mol. The minimum Gasteiger partial charge on any atom is -0.295 e. The summed E-state index contributed by atoms with van der Waals surface area (Å²) in [7, 11) is -1.34. The van der Waals surface area contributed by atoms with Crippen molar-refractivity contribution in [3.05, 3.63) is 65.7 Å². The number of nitrogens with zero attached hydrogens (tertiary/aromatic N) is 5. The average Bonchev–Trinajstić information content (AvgIpc) is 3.04. The summed E-state index contributed by atoms with van der Waals surface area (Å²) in [5.41, 5.74) is 1.65. The van der Waals surface area contributed by atoms with E-state index in [0.717, 1.165) is 11.8 Å². The van der Waals surface area contributed by atoms with Gasteiger partial charge in [0.05, 0.1) is 17.1 Å². The monoisotopic (exact) mass is 375 g/mol. The molecule has 0 radical (unpaired) electrons. The Hall–Kier alpha value is -2.65. The van der Waals surface area contributed by atoms with Crippen molar-refractivity contribution in [2.75, 3.05) is 13.3 Å². The maximum absolute atomic E-state index is 13.0.